The van der Waals surface area contributed by atoms with Crippen LogP contribution in [0.3, 0.4) is 0 Å². The number of aliphatic hydroxyl groups excluding tert-OH is 1. The first-order valence-electron chi connectivity index (χ1n) is 3.85. The minimum Gasteiger partial charge on any atom is -0.479 e. The van der Waals surface area contributed by atoms with E-state index >= 15 is 0 Å². The van der Waals surface area contributed by atoms with Crippen molar-refractivity contribution in [1.29, 1.82) is 0 Å². The number of hydrogen-bond donors (Lipinski definition) is 2. The fourth-order valence-electron chi connectivity index (χ4n) is 0.977. The van der Waals surface area contributed by atoms with Crippen molar-refractivity contribution in [3.63, 3.8) is 0 Å². The third-order valence-corrected chi connectivity index (χ3v) is 1.70. The van der Waals surface area contributed by atoms with Gasteiger partial charge in [-0.25, -0.2) is 13.6 Å². The molecule has 0 radical (unpaired) electrons. The average Bonchev–Trinajstić information content (AvgIpc) is 2.11. The van der Waals surface area contributed by atoms with Crippen molar-refractivity contribution < 1.29 is 23.8 Å². The first kappa shape index (κ1) is 10.6. The molecule has 14 heavy (non-hydrogen) atoms. The highest BCUT2D eigenvalue weighted by atomic mass is 19.2. The van der Waals surface area contributed by atoms with E-state index in [4.69, 9.17) is 10.2 Å². The third-order valence-electron chi connectivity index (χ3n) is 1.70. The Hall–Kier alpha value is -1.49. The fourth-order valence-corrected chi connectivity index (χ4v) is 0.977. The van der Waals surface area contributed by atoms with E-state index in [2.05, 4.69) is 0 Å². The number of carboxylic acid groups (broad SMARTS) is 1. The number of aliphatic hydroxyl groups is 1. The molecule has 1 atom stereocenters. The summed E-state index contributed by atoms with van der Waals surface area (Å²) in [4.78, 5) is 10.2. The molecule has 0 amide bonds. The molecule has 0 aliphatic heterocycles. The summed E-state index contributed by atoms with van der Waals surface area (Å²) in [5.41, 5.74) is 0.235. The van der Waals surface area contributed by atoms with Gasteiger partial charge in [0.2, 0.25) is 0 Å². The summed E-state index contributed by atoms with van der Waals surface area (Å²) < 4.78 is 25.1. The molecule has 5 heteroatoms. The molecule has 0 spiro atoms. The normalized spacial score (nSPS) is 12.5. The average molecular weight is 202 g/mol. The molecule has 1 aromatic rings. The molecule has 0 saturated heterocycles. The standard InChI is InChI=1S/C9H8F2O3/c10-6-2-1-5(3-7(6)11)4-8(12)9(13)14/h1-3,8,12H,4H2,(H,13,14)/t8-/m1/s1. The highest BCUT2D eigenvalue weighted by Crippen LogP contribution is 2.10. The molecule has 0 unspecified atom stereocenters. The minimum absolute atomic E-state index is 0.235. The molecule has 0 aliphatic rings. The van der Waals surface area contributed by atoms with Crippen molar-refractivity contribution in [2.75, 3.05) is 0 Å². The van der Waals surface area contributed by atoms with Gasteiger partial charge in [0, 0.05) is 6.42 Å². The Morgan fingerprint density at radius 3 is 2.50 bits per heavy atom. The number of aliphatic carboxylic acids is 1. The monoisotopic (exact) mass is 202 g/mol. The molecule has 0 bridgehead atoms. The molecule has 0 fully saturated rings. The van der Waals surface area contributed by atoms with Gasteiger partial charge in [-0.05, 0) is 17.7 Å². The zero-order valence-corrected chi connectivity index (χ0v) is 7.08. The van der Waals surface area contributed by atoms with Gasteiger partial charge in [-0.3, -0.25) is 0 Å². The fraction of sp³-hybridized carbons (Fsp3) is 0.222. The van der Waals surface area contributed by atoms with Crippen LogP contribution in [0.1, 0.15) is 5.56 Å². The maximum atomic E-state index is 12.6. The van der Waals surface area contributed by atoms with Crippen molar-refractivity contribution in [3.05, 3.63) is 35.4 Å². The number of benzene rings is 1. The maximum Gasteiger partial charge on any atom is 0.332 e. The lowest BCUT2D eigenvalue weighted by Crippen LogP contribution is -2.22. The lowest BCUT2D eigenvalue weighted by atomic mass is 10.1. The van der Waals surface area contributed by atoms with E-state index < -0.39 is 23.7 Å². The highest BCUT2D eigenvalue weighted by molar-refractivity contribution is 5.72. The van der Waals surface area contributed by atoms with Gasteiger partial charge < -0.3 is 10.2 Å². The second-order valence-corrected chi connectivity index (χ2v) is 2.81. The highest BCUT2D eigenvalue weighted by Gasteiger charge is 2.14. The summed E-state index contributed by atoms with van der Waals surface area (Å²) in [6, 6.07) is 2.98. The second kappa shape index (κ2) is 4.15. The van der Waals surface area contributed by atoms with Crippen molar-refractivity contribution in [3.8, 4) is 0 Å². The Balaban J connectivity index is 2.78. The van der Waals surface area contributed by atoms with E-state index in [1.54, 1.807) is 0 Å². The van der Waals surface area contributed by atoms with Crippen LogP contribution in [0.25, 0.3) is 0 Å². The van der Waals surface area contributed by atoms with Crippen molar-refractivity contribution in [2.45, 2.75) is 12.5 Å². The first-order valence-corrected chi connectivity index (χ1v) is 3.85. The van der Waals surface area contributed by atoms with Gasteiger partial charge in [-0.1, -0.05) is 6.07 Å². The van der Waals surface area contributed by atoms with Crippen LogP contribution < -0.4 is 0 Å². The Kier molecular flexibility index (Phi) is 3.14. The molecular formula is C9H8F2O3. The van der Waals surface area contributed by atoms with Gasteiger partial charge in [0.25, 0.3) is 0 Å². The molecule has 0 heterocycles. The lowest BCUT2D eigenvalue weighted by Gasteiger charge is -2.05. The quantitative estimate of drug-likeness (QED) is 0.767. The van der Waals surface area contributed by atoms with Crippen LogP contribution in [-0.2, 0) is 11.2 Å². The number of carbonyl (C=O) groups is 1. The molecule has 0 aliphatic carbocycles. The Morgan fingerprint density at radius 2 is 2.00 bits per heavy atom. The summed E-state index contributed by atoms with van der Waals surface area (Å²) in [5.74, 6) is -3.45. The predicted molar refractivity (Wildman–Crippen MR) is 43.7 cm³/mol. The van der Waals surface area contributed by atoms with E-state index in [0.29, 0.717) is 0 Å². The number of carboxylic acids is 1. The van der Waals surface area contributed by atoms with E-state index in [1.165, 1.54) is 6.07 Å². The van der Waals surface area contributed by atoms with Gasteiger partial charge in [0.15, 0.2) is 17.7 Å². The van der Waals surface area contributed by atoms with E-state index in [-0.39, 0.29) is 12.0 Å². The zero-order valence-electron chi connectivity index (χ0n) is 7.08. The van der Waals surface area contributed by atoms with Crippen molar-refractivity contribution in [2.24, 2.45) is 0 Å². The van der Waals surface area contributed by atoms with E-state index in [9.17, 15) is 13.6 Å². The molecule has 0 aromatic heterocycles. The summed E-state index contributed by atoms with van der Waals surface area (Å²) in [7, 11) is 0. The van der Waals surface area contributed by atoms with Crippen LogP contribution in [0.5, 0.6) is 0 Å². The topological polar surface area (TPSA) is 57.5 Å². The summed E-state index contributed by atoms with van der Waals surface area (Å²) >= 11 is 0. The van der Waals surface area contributed by atoms with E-state index in [1.807, 2.05) is 0 Å². The van der Waals surface area contributed by atoms with Crippen LogP contribution in [0, 0.1) is 11.6 Å². The molecule has 3 nitrogen and oxygen atoms in total. The zero-order chi connectivity index (χ0) is 10.7. The van der Waals surface area contributed by atoms with Gasteiger partial charge in [-0.15, -0.1) is 0 Å². The first-order chi connectivity index (χ1) is 6.50. The Morgan fingerprint density at radius 1 is 1.36 bits per heavy atom. The third kappa shape index (κ3) is 2.50. The Bertz CT molecular complexity index is 352. The second-order valence-electron chi connectivity index (χ2n) is 2.81. The predicted octanol–water partition coefficient (Wildman–Crippen LogP) is 0.953. The summed E-state index contributed by atoms with van der Waals surface area (Å²) in [6.45, 7) is 0. The van der Waals surface area contributed by atoms with Crippen LogP contribution in [-0.4, -0.2) is 22.3 Å². The largest absolute Gasteiger partial charge is 0.479 e. The SMILES string of the molecule is O=C(O)[C@H](O)Cc1ccc(F)c(F)c1. The molecule has 0 saturated carbocycles. The smallest absolute Gasteiger partial charge is 0.332 e. The lowest BCUT2D eigenvalue weighted by molar-refractivity contribution is -0.146. The number of rotatable bonds is 3. The van der Waals surface area contributed by atoms with Crippen LogP contribution >= 0.6 is 0 Å². The molecule has 2 N–H and O–H groups in total. The maximum absolute atomic E-state index is 12.6. The van der Waals surface area contributed by atoms with Crippen molar-refractivity contribution >= 4 is 5.97 Å². The van der Waals surface area contributed by atoms with Gasteiger partial charge in [0.05, 0.1) is 0 Å². The molecule has 1 aromatic carbocycles. The minimum atomic E-state index is -1.60. The number of halogens is 2. The summed E-state index contributed by atoms with van der Waals surface area (Å²) in [5, 5.41) is 17.3. The molecule has 76 valence electrons. The number of hydrogen-bond acceptors (Lipinski definition) is 2. The summed E-state index contributed by atoms with van der Waals surface area (Å²) in [6.07, 6.45) is -1.84. The van der Waals surface area contributed by atoms with Gasteiger partial charge >= 0.3 is 5.97 Å². The van der Waals surface area contributed by atoms with Gasteiger partial charge in [-0.2, -0.15) is 0 Å². The molecular weight excluding hydrogens is 194 g/mol. The van der Waals surface area contributed by atoms with Crippen LogP contribution in [0.4, 0.5) is 8.78 Å². The van der Waals surface area contributed by atoms with Crippen molar-refractivity contribution in [1.82, 2.24) is 0 Å². The van der Waals surface area contributed by atoms with E-state index in [0.717, 1.165) is 12.1 Å². The van der Waals surface area contributed by atoms with Gasteiger partial charge in [0.1, 0.15) is 0 Å². The van der Waals surface area contributed by atoms with Crippen LogP contribution in [0.15, 0.2) is 18.2 Å². The van der Waals surface area contributed by atoms with Crippen LogP contribution in [0.2, 0.25) is 0 Å². The molecule has 1 rings (SSSR count). The Labute approximate surface area is 78.6 Å².